The average Bonchev–Trinajstić information content (AvgIpc) is 2.88. The Balaban J connectivity index is 1.44. The lowest BCUT2D eigenvalue weighted by Crippen LogP contribution is -2.30. The lowest BCUT2D eigenvalue weighted by atomic mass is 9.99. The first kappa shape index (κ1) is 22.1. The molecule has 5 rings (SSSR count). The van der Waals surface area contributed by atoms with Gasteiger partial charge < -0.3 is 9.74 Å². The molecule has 3 heterocycles. The Hall–Kier alpha value is -3.67. The summed E-state index contributed by atoms with van der Waals surface area (Å²) in [5.41, 5.74) is 5.76. The summed E-state index contributed by atoms with van der Waals surface area (Å²) >= 11 is 0. The maximum atomic E-state index is 13.1. The van der Waals surface area contributed by atoms with Crippen LogP contribution >= 0.6 is 0 Å². The molecular weight excluding hydrogens is 424 g/mol. The molecule has 0 bridgehead atoms. The van der Waals surface area contributed by atoms with E-state index < -0.39 is 0 Å². The molecule has 0 N–H and O–H groups in total. The summed E-state index contributed by atoms with van der Waals surface area (Å²) in [5, 5.41) is 0.894. The molecule has 0 spiro atoms. The number of aromatic nitrogens is 3. The fourth-order valence-corrected chi connectivity index (χ4v) is 4.85. The Kier molecular flexibility index (Phi) is 6.56. The molecule has 2 aromatic heterocycles. The molecule has 0 radical (unpaired) electrons. The zero-order valence-electron chi connectivity index (χ0n) is 19.6. The minimum Gasteiger partial charge on any atom is -0.404 e. The third-order valence-electron chi connectivity index (χ3n) is 6.58. The molecular formula is C28H30N4O2. The van der Waals surface area contributed by atoms with Crippen molar-refractivity contribution < 1.29 is 4.84 Å². The summed E-state index contributed by atoms with van der Waals surface area (Å²) in [6.45, 7) is 4.48. The Bertz CT molecular complexity index is 1330. The predicted molar refractivity (Wildman–Crippen MR) is 135 cm³/mol. The number of hydrogen-bond donors (Lipinski definition) is 0. The van der Waals surface area contributed by atoms with Crippen molar-refractivity contribution in [3.63, 3.8) is 0 Å². The van der Waals surface area contributed by atoms with Gasteiger partial charge in [0.25, 0.3) is 5.56 Å². The fraction of sp³-hybridized carbons (Fsp3) is 0.321. The summed E-state index contributed by atoms with van der Waals surface area (Å²) in [5.74, 6) is 0. The fourth-order valence-electron chi connectivity index (χ4n) is 4.85. The van der Waals surface area contributed by atoms with Crippen molar-refractivity contribution in [3.8, 4) is 0 Å². The number of para-hydroxylation sites is 1. The van der Waals surface area contributed by atoms with Crippen molar-refractivity contribution in [1.82, 2.24) is 14.7 Å². The normalized spacial score (nSPS) is 13.9. The molecule has 4 aromatic rings. The van der Waals surface area contributed by atoms with Crippen LogP contribution in [0.4, 0.5) is 5.69 Å². The monoisotopic (exact) mass is 454 g/mol. The van der Waals surface area contributed by atoms with Crippen LogP contribution in [0.15, 0.2) is 71.8 Å². The van der Waals surface area contributed by atoms with Gasteiger partial charge in [0, 0.05) is 30.2 Å². The maximum Gasteiger partial charge on any atom is 0.285 e. The summed E-state index contributed by atoms with van der Waals surface area (Å²) in [4.78, 5) is 30.3. The van der Waals surface area contributed by atoms with Crippen molar-refractivity contribution in [2.45, 2.75) is 45.6 Å². The molecule has 34 heavy (non-hydrogen) atoms. The van der Waals surface area contributed by atoms with Crippen LogP contribution in [0, 0.1) is 6.92 Å². The Morgan fingerprint density at radius 3 is 2.44 bits per heavy atom. The predicted octanol–water partition coefficient (Wildman–Crippen LogP) is 4.50. The number of aryl methyl sites for hydroxylation is 3. The van der Waals surface area contributed by atoms with Crippen LogP contribution in [-0.2, 0) is 19.4 Å². The van der Waals surface area contributed by atoms with E-state index in [1.165, 1.54) is 41.6 Å². The van der Waals surface area contributed by atoms with Crippen molar-refractivity contribution in [2.24, 2.45) is 0 Å². The molecule has 6 heteroatoms. The highest BCUT2D eigenvalue weighted by atomic mass is 16.7. The first-order valence-electron chi connectivity index (χ1n) is 12.1. The second-order valence-electron chi connectivity index (χ2n) is 8.90. The highest BCUT2D eigenvalue weighted by Gasteiger charge is 2.17. The van der Waals surface area contributed by atoms with Gasteiger partial charge in [-0.15, -0.1) is 4.73 Å². The van der Waals surface area contributed by atoms with Crippen LogP contribution in [0.3, 0.4) is 0 Å². The van der Waals surface area contributed by atoms with E-state index in [0.717, 1.165) is 48.1 Å². The van der Waals surface area contributed by atoms with Crippen LogP contribution in [0.2, 0.25) is 0 Å². The molecule has 0 saturated carbocycles. The smallest absolute Gasteiger partial charge is 0.285 e. The third-order valence-corrected chi connectivity index (χ3v) is 6.58. The molecule has 0 amide bonds. The largest absolute Gasteiger partial charge is 0.404 e. The van der Waals surface area contributed by atoms with E-state index in [2.05, 4.69) is 39.1 Å². The molecule has 0 unspecified atom stereocenters. The van der Waals surface area contributed by atoms with Gasteiger partial charge in [-0.25, -0.2) is 9.97 Å². The molecule has 1 saturated heterocycles. The SMILES string of the molecule is Cc1ncnc2c1c(CCc1ccccc1N1CCCCC1)cc(=O)n2OCc1ccccc1. The first-order valence-corrected chi connectivity index (χ1v) is 12.1. The molecule has 0 atom stereocenters. The molecule has 6 nitrogen and oxygen atoms in total. The Morgan fingerprint density at radius 2 is 1.62 bits per heavy atom. The van der Waals surface area contributed by atoms with E-state index in [4.69, 9.17) is 4.84 Å². The number of nitrogens with zero attached hydrogens (tertiary/aromatic N) is 4. The maximum absolute atomic E-state index is 13.1. The summed E-state index contributed by atoms with van der Waals surface area (Å²) in [6.07, 6.45) is 6.89. The zero-order valence-corrected chi connectivity index (χ0v) is 19.6. The molecule has 1 aliphatic heterocycles. The van der Waals surface area contributed by atoms with Crippen LogP contribution in [0.5, 0.6) is 0 Å². The van der Waals surface area contributed by atoms with E-state index in [-0.39, 0.29) is 5.56 Å². The van der Waals surface area contributed by atoms with Gasteiger partial charge in [-0.1, -0.05) is 48.5 Å². The summed E-state index contributed by atoms with van der Waals surface area (Å²) in [7, 11) is 0. The quantitative estimate of drug-likeness (QED) is 0.411. The number of pyridine rings is 1. The lowest BCUT2D eigenvalue weighted by molar-refractivity contribution is 0.0978. The van der Waals surface area contributed by atoms with Crippen molar-refractivity contribution >= 4 is 16.7 Å². The number of anilines is 1. The molecule has 1 aliphatic rings. The molecule has 0 aliphatic carbocycles. The first-order chi connectivity index (χ1) is 16.7. The van der Waals surface area contributed by atoms with Gasteiger partial charge in [-0.05, 0) is 61.8 Å². The standard InChI is InChI=1S/C28H30N4O2/c1-21-27-24(15-14-23-12-6-7-13-25(23)31-16-8-3-9-17-31)18-26(33)32(28(27)30-20-29-21)34-19-22-10-4-2-5-11-22/h2,4-7,10-13,18,20H,3,8-9,14-17,19H2,1H3. The van der Waals surface area contributed by atoms with Crippen LogP contribution in [-0.4, -0.2) is 27.8 Å². The van der Waals surface area contributed by atoms with Gasteiger partial charge in [0.05, 0.1) is 5.69 Å². The van der Waals surface area contributed by atoms with Gasteiger partial charge in [0.15, 0.2) is 5.65 Å². The number of hydrogen-bond acceptors (Lipinski definition) is 5. The number of fused-ring (bicyclic) bond motifs is 1. The summed E-state index contributed by atoms with van der Waals surface area (Å²) < 4.78 is 1.31. The Morgan fingerprint density at radius 1 is 0.882 bits per heavy atom. The highest BCUT2D eigenvalue weighted by Crippen LogP contribution is 2.26. The second kappa shape index (κ2) is 10.1. The van der Waals surface area contributed by atoms with Gasteiger partial charge >= 0.3 is 0 Å². The van der Waals surface area contributed by atoms with Crippen LogP contribution in [0.25, 0.3) is 11.0 Å². The van der Waals surface area contributed by atoms with Gasteiger partial charge in [0.2, 0.25) is 0 Å². The molecule has 174 valence electrons. The number of rotatable bonds is 7. The zero-order chi connectivity index (χ0) is 23.3. The average molecular weight is 455 g/mol. The number of piperidine rings is 1. The lowest BCUT2D eigenvalue weighted by Gasteiger charge is -2.30. The summed E-state index contributed by atoms with van der Waals surface area (Å²) in [6, 6.07) is 20.2. The van der Waals surface area contributed by atoms with Crippen molar-refractivity contribution in [1.29, 1.82) is 0 Å². The van der Waals surface area contributed by atoms with Crippen molar-refractivity contribution in [3.05, 3.63) is 99.7 Å². The van der Waals surface area contributed by atoms with Gasteiger partial charge in [-0.2, -0.15) is 0 Å². The third kappa shape index (κ3) is 4.67. The van der Waals surface area contributed by atoms with E-state index in [1.54, 1.807) is 6.07 Å². The number of benzene rings is 2. The van der Waals surface area contributed by atoms with E-state index in [1.807, 2.05) is 37.3 Å². The van der Waals surface area contributed by atoms with E-state index >= 15 is 0 Å². The van der Waals surface area contributed by atoms with E-state index in [9.17, 15) is 4.79 Å². The second-order valence-corrected chi connectivity index (χ2v) is 8.90. The minimum absolute atomic E-state index is 0.208. The Labute approximate surface area is 199 Å². The van der Waals surface area contributed by atoms with Crippen LogP contribution in [0.1, 0.15) is 41.6 Å². The molecule has 2 aromatic carbocycles. The van der Waals surface area contributed by atoms with Crippen LogP contribution < -0.4 is 15.3 Å². The molecule has 1 fully saturated rings. The minimum atomic E-state index is -0.208. The van der Waals surface area contributed by atoms with Gasteiger partial charge in [0.1, 0.15) is 12.9 Å². The topological polar surface area (TPSA) is 60.2 Å². The van der Waals surface area contributed by atoms with Crippen molar-refractivity contribution in [2.75, 3.05) is 18.0 Å². The highest BCUT2D eigenvalue weighted by molar-refractivity contribution is 5.81. The van der Waals surface area contributed by atoms with Gasteiger partial charge in [-0.3, -0.25) is 4.79 Å². The van der Waals surface area contributed by atoms with E-state index in [0.29, 0.717) is 12.3 Å².